The van der Waals surface area contributed by atoms with E-state index >= 15 is 0 Å². The number of allylic oxidation sites excluding steroid dienone is 1. The number of benzene rings is 3. The number of anilines is 5. The van der Waals surface area contributed by atoms with Crippen LogP contribution in [0.3, 0.4) is 0 Å². The molecule has 0 saturated heterocycles. The number of pyridine rings is 2. The third-order valence-electron chi connectivity index (χ3n) is 8.53. The number of aromatic nitrogens is 2. The molecule has 5 nitrogen and oxygen atoms in total. The van der Waals surface area contributed by atoms with E-state index in [1.165, 1.54) is 16.7 Å². The van der Waals surface area contributed by atoms with E-state index in [0.717, 1.165) is 28.7 Å². The molecule has 3 aromatic carbocycles. The topological polar surface area (TPSA) is 41.5 Å². The van der Waals surface area contributed by atoms with Crippen molar-refractivity contribution in [1.82, 2.24) is 9.97 Å². The third kappa shape index (κ3) is 4.42. The average molecular weight is 740 g/mol. The van der Waals surface area contributed by atoms with Gasteiger partial charge in [0, 0.05) is 29.5 Å². The van der Waals surface area contributed by atoms with Crippen LogP contribution in [0.2, 0.25) is 0 Å². The van der Waals surface area contributed by atoms with Gasteiger partial charge in [-0.15, -0.1) is 17.7 Å². The molecule has 0 amide bonds. The normalized spacial score (nSPS) is 18.9. The second-order valence-corrected chi connectivity index (χ2v) is 11.3. The van der Waals surface area contributed by atoms with E-state index in [1.54, 1.807) is 0 Å². The Balaban J connectivity index is 0.00000300. The van der Waals surface area contributed by atoms with Crippen LogP contribution in [0.15, 0.2) is 127 Å². The van der Waals surface area contributed by atoms with Gasteiger partial charge in [-0.1, -0.05) is 68.1 Å². The molecule has 43 heavy (non-hydrogen) atoms. The molecular formula is C37H28N4OPt. The van der Waals surface area contributed by atoms with E-state index in [2.05, 4.69) is 101 Å². The first-order valence-electron chi connectivity index (χ1n) is 14.3. The Morgan fingerprint density at radius 3 is 2.21 bits per heavy atom. The van der Waals surface area contributed by atoms with E-state index in [1.807, 2.05) is 60.9 Å². The van der Waals surface area contributed by atoms with Crippen molar-refractivity contribution in [3.05, 3.63) is 156 Å². The molecule has 1 aliphatic carbocycles. The molecule has 8 rings (SSSR count). The Morgan fingerprint density at radius 1 is 0.744 bits per heavy atom. The van der Waals surface area contributed by atoms with Crippen LogP contribution in [-0.4, -0.2) is 16.0 Å². The number of nitrogens with zero attached hydrogens (tertiary/aromatic N) is 4. The van der Waals surface area contributed by atoms with Gasteiger partial charge in [0.25, 0.3) is 0 Å². The number of fused-ring (bicyclic) bond motifs is 5. The van der Waals surface area contributed by atoms with E-state index in [0.29, 0.717) is 11.5 Å². The molecule has 5 aromatic rings. The van der Waals surface area contributed by atoms with Crippen molar-refractivity contribution in [1.29, 1.82) is 0 Å². The molecule has 0 radical (unpaired) electrons. The molecule has 0 bridgehead atoms. The average Bonchev–Trinajstić information content (AvgIpc) is 3.36. The monoisotopic (exact) mass is 739 g/mol. The van der Waals surface area contributed by atoms with Crippen LogP contribution in [0.5, 0.6) is 5.75 Å². The van der Waals surface area contributed by atoms with Gasteiger partial charge in [0.1, 0.15) is 11.6 Å². The molecule has 4 heterocycles. The van der Waals surface area contributed by atoms with E-state index in [4.69, 9.17) is 9.72 Å². The zero-order valence-corrected chi connectivity index (χ0v) is 26.0. The quantitative estimate of drug-likeness (QED) is 0.174. The van der Waals surface area contributed by atoms with Gasteiger partial charge in [0.05, 0.1) is 0 Å². The predicted octanol–water partition coefficient (Wildman–Crippen LogP) is 8.32. The summed E-state index contributed by atoms with van der Waals surface area (Å²) in [5.74, 6) is 3.21. The first-order chi connectivity index (χ1) is 20.6. The number of hydrogen-bond donors (Lipinski definition) is 0. The summed E-state index contributed by atoms with van der Waals surface area (Å²) in [5, 5.41) is 0. The van der Waals surface area contributed by atoms with Crippen molar-refractivity contribution in [2.45, 2.75) is 31.2 Å². The van der Waals surface area contributed by atoms with Gasteiger partial charge in [0.15, 0.2) is 0 Å². The molecule has 6 heteroatoms. The molecule has 2 atom stereocenters. The maximum absolute atomic E-state index is 6.52. The number of para-hydroxylation sites is 2. The third-order valence-corrected chi connectivity index (χ3v) is 8.53. The van der Waals surface area contributed by atoms with Gasteiger partial charge < -0.3 is 14.5 Å². The summed E-state index contributed by atoms with van der Waals surface area (Å²) in [6.07, 6.45) is 11.6. The van der Waals surface area contributed by atoms with Crippen molar-refractivity contribution in [3.63, 3.8) is 0 Å². The zero-order chi connectivity index (χ0) is 28.3. The maximum Gasteiger partial charge on any atom is 2.00 e. The predicted molar refractivity (Wildman–Crippen MR) is 166 cm³/mol. The first kappa shape index (κ1) is 27.4. The Kier molecular flexibility index (Phi) is 6.79. The van der Waals surface area contributed by atoms with Gasteiger partial charge in [-0.2, -0.15) is 18.2 Å². The van der Waals surface area contributed by atoms with Crippen molar-refractivity contribution in [2.75, 3.05) is 9.80 Å². The molecule has 0 spiro atoms. The Labute approximate surface area is 266 Å². The van der Waals surface area contributed by atoms with E-state index in [9.17, 15) is 0 Å². The molecule has 3 aliphatic rings. The van der Waals surface area contributed by atoms with Crippen LogP contribution in [0.1, 0.15) is 36.5 Å². The number of ether oxygens (including phenoxy) is 1. The van der Waals surface area contributed by atoms with Gasteiger partial charge in [-0.3, -0.25) is 0 Å². The van der Waals surface area contributed by atoms with Crippen LogP contribution < -0.4 is 14.5 Å². The fourth-order valence-electron chi connectivity index (χ4n) is 6.55. The Hall–Kier alpha value is -4.47. The molecule has 2 unspecified atom stereocenters. The summed E-state index contributed by atoms with van der Waals surface area (Å²) < 4.78 is 6.52. The van der Waals surface area contributed by atoms with Crippen LogP contribution in [0.25, 0.3) is 0 Å². The maximum atomic E-state index is 6.52. The zero-order valence-electron chi connectivity index (χ0n) is 23.7. The summed E-state index contributed by atoms with van der Waals surface area (Å²) in [6.45, 7) is 4.53. The van der Waals surface area contributed by atoms with Crippen molar-refractivity contribution >= 4 is 28.7 Å². The minimum Gasteiger partial charge on any atom is -0.522 e. The number of hydrogen-bond acceptors (Lipinski definition) is 5. The van der Waals surface area contributed by atoms with Crippen LogP contribution in [0.4, 0.5) is 28.7 Å². The van der Waals surface area contributed by atoms with Gasteiger partial charge in [0.2, 0.25) is 0 Å². The fourth-order valence-corrected chi connectivity index (χ4v) is 6.55. The van der Waals surface area contributed by atoms with Crippen molar-refractivity contribution < 1.29 is 25.8 Å². The molecule has 2 aliphatic heterocycles. The Bertz CT molecular complexity index is 1870. The Morgan fingerprint density at radius 2 is 1.44 bits per heavy atom. The van der Waals surface area contributed by atoms with Crippen LogP contribution in [0, 0.1) is 12.1 Å². The summed E-state index contributed by atoms with van der Waals surface area (Å²) in [5.41, 5.74) is 6.66. The van der Waals surface area contributed by atoms with Gasteiger partial charge >= 0.3 is 21.1 Å². The minimum absolute atomic E-state index is 0. The van der Waals surface area contributed by atoms with Crippen LogP contribution in [-0.2, 0) is 26.5 Å². The fraction of sp³-hybridized carbons (Fsp3) is 0.135. The number of rotatable bonds is 4. The summed E-state index contributed by atoms with van der Waals surface area (Å²) >= 11 is 0. The SMILES string of the molecule is CC1(C)c2ccc(OC3=[C-]C4C(C=C3)c3ccccc3N4c3ccccn3)[c-]c2N(c2ccccn2)c2ccccc21.[Pt+2]. The van der Waals surface area contributed by atoms with Crippen LogP contribution >= 0.6 is 0 Å². The summed E-state index contributed by atoms with van der Waals surface area (Å²) in [7, 11) is 0. The molecule has 212 valence electrons. The standard InChI is InChI=1S/C37H28N4O.Pt/c1-37(2)29-12-4-6-14-32(29)41(36-16-8-10-22-39-36)34-24-26(18-20-30(34)37)42-25-17-19-28-27-11-3-5-13-31(27)40(33(28)23-25)35-15-7-9-21-38-35;/h3-22,28,33H,1-2H3;/q-2;+2. The molecule has 0 N–H and O–H groups in total. The van der Waals surface area contributed by atoms with Gasteiger partial charge in [-0.05, 0) is 70.7 Å². The molecular weight excluding hydrogens is 712 g/mol. The van der Waals surface area contributed by atoms with Gasteiger partial charge in [-0.25, -0.2) is 16.0 Å². The minimum atomic E-state index is -0.214. The van der Waals surface area contributed by atoms with E-state index in [-0.39, 0.29) is 38.4 Å². The molecule has 2 aromatic heterocycles. The van der Waals surface area contributed by atoms with Crippen molar-refractivity contribution in [2.24, 2.45) is 0 Å². The van der Waals surface area contributed by atoms with E-state index < -0.39 is 0 Å². The second kappa shape index (κ2) is 10.7. The molecule has 0 fully saturated rings. The summed E-state index contributed by atoms with van der Waals surface area (Å²) in [4.78, 5) is 13.8. The largest absolute Gasteiger partial charge is 2.00 e. The van der Waals surface area contributed by atoms with Crippen molar-refractivity contribution in [3.8, 4) is 5.75 Å². The second-order valence-electron chi connectivity index (χ2n) is 11.3. The smallest absolute Gasteiger partial charge is 0.522 e. The summed E-state index contributed by atoms with van der Waals surface area (Å²) in [6, 6.07) is 36.8. The molecule has 0 saturated carbocycles. The first-order valence-corrected chi connectivity index (χ1v) is 14.3.